The first-order valence-corrected chi connectivity index (χ1v) is 7.80. The van der Waals surface area contributed by atoms with Crippen LogP contribution in [0.4, 0.5) is 0 Å². The second-order valence-electron chi connectivity index (χ2n) is 6.17. The van der Waals surface area contributed by atoms with Crippen molar-refractivity contribution in [1.82, 2.24) is 4.90 Å². The van der Waals surface area contributed by atoms with Gasteiger partial charge in [-0.25, -0.2) is 0 Å². The van der Waals surface area contributed by atoms with Gasteiger partial charge in [-0.3, -0.25) is 4.90 Å². The molecule has 2 N–H and O–H groups in total. The molecule has 1 aliphatic carbocycles. The van der Waals surface area contributed by atoms with Crippen molar-refractivity contribution < 1.29 is 4.74 Å². The maximum Gasteiger partial charge on any atom is 0.0599 e. The van der Waals surface area contributed by atoms with Crippen LogP contribution in [0, 0.1) is 11.8 Å². The van der Waals surface area contributed by atoms with Crippen molar-refractivity contribution in [2.75, 3.05) is 26.2 Å². The maximum atomic E-state index is 5.97. The van der Waals surface area contributed by atoms with E-state index in [1.807, 2.05) is 0 Å². The third-order valence-corrected chi connectivity index (χ3v) is 4.87. The molecule has 0 bridgehead atoms. The first-order chi connectivity index (χ1) is 8.74. The van der Waals surface area contributed by atoms with E-state index in [0.29, 0.717) is 6.10 Å². The van der Waals surface area contributed by atoms with Crippen molar-refractivity contribution in [1.29, 1.82) is 0 Å². The first-order valence-electron chi connectivity index (χ1n) is 7.80. The van der Waals surface area contributed by atoms with Crippen LogP contribution in [0.25, 0.3) is 0 Å². The number of ether oxygens (including phenoxy) is 1. The number of nitrogens with zero attached hydrogens (tertiary/aromatic N) is 1. The van der Waals surface area contributed by atoms with Crippen molar-refractivity contribution in [3.8, 4) is 0 Å². The third kappa shape index (κ3) is 3.46. The number of nitrogens with two attached hydrogens (primary N) is 1. The predicted molar refractivity (Wildman–Crippen MR) is 75.6 cm³/mol. The van der Waals surface area contributed by atoms with Gasteiger partial charge in [0.05, 0.1) is 6.10 Å². The van der Waals surface area contributed by atoms with Crippen LogP contribution in [0.3, 0.4) is 0 Å². The Bertz CT molecular complexity index is 239. The molecule has 1 saturated heterocycles. The second-order valence-corrected chi connectivity index (χ2v) is 6.17. The van der Waals surface area contributed by atoms with E-state index in [9.17, 15) is 0 Å². The van der Waals surface area contributed by atoms with Crippen molar-refractivity contribution in [3.63, 3.8) is 0 Å². The van der Waals surface area contributed by atoms with E-state index in [1.54, 1.807) is 0 Å². The molecule has 2 rings (SSSR count). The molecule has 106 valence electrons. The van der Waals surface area contributed by atoms with Crippen molar-refractivity contribution in [2.45, 2.75) is 58.1 Å². The molecule has 3 atom stereocenters. The fourth-order valence-corrected chi connectivity index (χ4v) is 3.75. The number of hydrogen-bond donors (Lipinski definition) is 1. The minimum Gasteiger partial charge on any atom is -0.378 e. The zero-order valence-corrected chi connectivity index (χ0v) is 12.1. The van der Waals surface area contributed by atoms with Crippen LogP contribution >= 0.6 is 0 Å². The molecule has 2 aliphatic rings. The van der Waals surface area contributed by atoms with Crippen molar-refractivity contribution in [2.24, 2.45) is 17.6 Å². The van der Waals surface area contributed by atoms with E-state index >= 15 is 0 Å². The van der Waals surface area contributed by atoms with Crippen LogP contribution < -0.4 is 5.73 Å². The highest BCUT2D eigenvalue weighted by atomic mass is 16.5. The van der Waals surface area contributed by atoms with E-state index in [0.717, 1.165) is 31.0 Å². The molecule has 2 fully saturated rings. The summed E-state index contributed by atoms with van der Waals surface area (Å²) in [6.07, 6.45) is 6.96. The highest BCUT2D eigenvalue weighted by Gasteiger charge is 2.34. The number of piperidine rings is 1. The van der Waals surface area contributed by atoms with E-state index < -0.39 is 0 Å². The number of hydrogen-bond acceptors (Lipinski definition) is 3. The Morgan fingerprint density at radius 1 is 1.17 bits per heavy atom. The molecule has 0 radical (unpaired) electrons. The summed E-state index contributed by atoms with van der Waals surface area (Å²) >= 11 is 0. The molecule has 0 aromatic rings. The average molecular weight is 254 g/mol. The normalized spacial score (nSPS) is 35.8. The van der Waals surface area contributed by atoms with Crippen LogP contribution in [0.5, 0.6) is 0 Å². The molecule has 0 amide bonds. The predicted octanol–water partition coefficient (Wildman–Crippen LogP) is 2.25. The van der Waals surface area contributed by atoms with Crippen LogP contribution in [0.15, 0.2) is 0 Å². The summed E-state index contributed by atoms with van der Waals surface area (Å²) in [5, 5.41) is 0. The lowest BCUT2D eigenvalue weighted by Crippen LogP contribution is -2.50. The molecule has 0 spiro atoms. The van der Waals surface area contributed by atoms with E-state index in [4.69, 9.17) is 10.5 Å². The van der Waals surface area contributed by atoms with Gasteiger partial charge in [0.2, 0.25) is 0 Å². The molecule has 3 heteroatoms. The molecular formula is C15H30N2O. The molecule has 1 saturated carbocycles. The molecular weight excluding hydrogens is 224 g/mol. The number of likely N-dealkylation sites (tertiary alicyclic amines) is 1. The highest BCUT2D eigenvalue weighted by molar-refractivity contribution is 4.88. The first kappa shape index (κ1) is 14.3. The van der Waals surface area contributed by atoms with Gasteiger partial charge in [0.1, 0.15) is 0 Å². The summed E-state index contributed by atoms with van der Waals surface area (Å²) in [4.78, 5) is 2.70. The van der Waals surface area contributed by atoms with Crippen molar-refractivity contribution >= 4 is 0 Å². The Morgan fingerprint density at radius 3 is 2.50 bits per heavy atom. The quantitative estimate of drug-likeness (QED) is 0.836. The van der Waals surface area contributed by atoms with Gasteiger partial charge in [-0.1, -0.05) is 13.3 Å². The molecule has 3 unspecified atom stereocenters. The monoisotopic (exact) mass is 254 g/mol. The molecule has 0 aromatic carbocycles. The lowest BCUT2D eigenvalue weighted by molar-refractivity contribution is -0.0131. The smallest absolute Gasteiger partial charge is 0.0599 e. The number of rotatable bonds is 4. The lowest BCUT2D eigenvalue weighted by Gasteiger charge is -2.44. The molecule has 18 heavy (non-hydrogen) atoms. The third-order valence-electron chi connectivity index (χ3n) is 4.87. The zero-order valence-electron chi connectivity index (χ0n) is 12.1. The molecule has 3 nitrogen and oxygen atoms in total. The standard InChI is InChI=1S/C15H30N2O/c1-3-18-14-6-8-17(9-7-14)15-10-12(2)4-5-13(15)11-16/h12-15H,3-11,16H2,1-2H3. The van der Waals surface area contributed by atoms with E-state index in [1.165, 1.54) is 45.2 Å². The van der Waals surface area contributed by atoms with Crippen molar-refractivity contribution in [3.05, 3.63) is 0 Å². The summed E-state index contributed by atoms with van der Waals surface area (Å²) in [6.45, 7) is 8.63. The topological polar surface area (TPSA) is 38.5 Å². The van der Waals surface area contributed by atoms with Crippen LogP contribution in [0.2, 0.25) is 0 Å². The van der Waals surface area contributed by atoms with Crippen LogP contribution in [-0.2, 0) is 4.74 Å². The molecule has 1 heterocycles. The minimum absolute atomic E-state index is 0.503. The summed E-state index contributed by atoms with van der Waals surface area (Å²) < 4.78 is 5.74. The SMILES string of the molecule is CCOC1CCN(C2CC(C)CCC2CN)CC1. The molecule has 1 aliphatic heterocycles. The Labute approximate surface area is 112 Å². The van der Waals surface area contributed by atoms with Gasteiger partial charge in [0.15, 0.2) is 0 Å². The van der Waals surface area contributed by atoms with Gasteiger partial charge in [0.25, 0.3) is 0 Å². The van der Waals surface area contributed by atoms with Gasteiger partial charge in [-0.2, -0.15) is 0 Å². The van der Waals surface area contributed by atoms with Gasteiger partial charge >= 0.3 is 0 Å². The highest BCUT2D eigenvalue weighted by Crippen LogP contribution is 2.33. The second kappa shape index (κ2) is 6.88. The average Bonchev–Trinajstić information content (AvgIpc) is 2.40. The van der Waals surface area contributed by atoms with Crippen LogP contribution in [0.1, 0.15) is 46.0 Å². The Kier molecular flexibility index (Phi) is 5.46. The summed E-state index contributed by atoms with van der Waals surface area (Å²) in [6, 6.07) is 0.737. The lowest BCUT2D eigenvalue weighted by atomic mass is 9.77. The largest absolute Gasteiger partial charge is 0.378 e. The Balaban J connectivity index is 1.86. The molecule has 0 aromatic heterocycles. The zero-order chi connectivity index (χ0) is 13.0. The van der Waals surface area contributed by atoms with Gasteiger partial charge < -0.3 is 10.5 Å². The van der Waals surface area contributed by atoms with Gasteiger partial charge in [0, 0.05) is 25.7 Å². The Morgan fingerprint density at radius 2 is 1.89 bits per heavy atom. The Hall–Kier alpha value is -0.120. The van der Waals surface area contributed by atoms with Gasteiger partial charge in [-0.05, 0) is 51.0 Å². The van der Waals surface area contributed by atoms with E-state index in [-0.39, 0.29) is 0 Å². The fourth-order valence-electron chi connectivity index (χ4n) is 3.75. The van der Waals surface area contributed by atoms with Gasteiger partial charge in [-0.15, -0.1) is 0 Å². The maximum absolute atomic E-state index is 5.97. The summed E-state index contributed by atoms with van der Waals surface area (Å²) in [5.41, 5.74) is 5.97. The summed E-state index contributed by atoms with van der Waals surface area (Å²) in [7, 11) is 0. The fraction of sp³-hybridized carbons (Fsp3) is 1.00. The summed E-state index contributed by atoms with van der Waals surface area (Å²) in [5.74, 6) is 1.60. The van der Waals surface area contributed by atoms with E-state index in [2.05, 4.69) is 18.7 Å². The van der Waals surface area contributed by atoms with Crippen LogP contribution in [-0.4, -0.2) is 43.3 Å². The minimum atomic E-state index is 0.503.